The molecule has 66 valence electrons. The fourth-order valence-corrected chi connectivity index (χ4v) is 1.36. The fourth-order valence-electron chi connectivity index (χ4n) is 1.36. The third kappa shape index (κ3) is 1.33. The number of ether oxygens (including phenoxy) is 1. The van der Waals surface area contributed by atoms with E-state index in [0.717, 1.165) is 0 Å². The van der Waals surface area contributed by atoms with E-state index in [2.05, 4.69) is 10.3 Å². The van der Waals surface area contributed by atoms with Crippen LogP contribution in [0.25, 0.3) is 0 Å². The first-order valence-corrected chi connectivity index (χ1v) is 3.99. The summed E-state index contributed by atoms with van der Waals surface area (Å²) in [7, 11) is 0. The van der Waals surface area contributed by atoms with Gasteiger partial charge in [-0.3, -0.25) is 0 Å². The Morgan fingerprint density at radius 1 is 1.58 bits per heavy atom. The lowest BCUT2D eigenvalue weighted by Gasteiger charge is -2.27. The molecular formula is C7H11N3O2. The van der Waals surface area contributed by atoms with Crippen LogP contribution in [0.4, 0.5) is 0 Å². The Balaban J connectivity index is 2.11. The SMILES string of the molecule is OC1CCOCC1n1ccnn1. The molecule has 1 N–H and O–H groups in total. The van der Waals surface area contributed by atoms with Crippen LogP contribution < -0.4 is 0 Å². The molecular weight excluding hydrogens is 158 g/mol. The van der Waals surface area contributed by atoms with Gasteiger partial charge in [0, 0.05) is 12.8 Å². The van der Waals surface area contributed by atoms with Crippen LogP contribution in [0.3, 0.4) is 0 Å². The van der Waals surface area contributed by atoms with Gasteiger partial charge in [0.25, 0.3) is 0 Å². The highest BCUT2D eigenvalue weighted by molar-refractivity contribution is 4.80. The van der Waals surface area contributed by atoms with Crippen molar-refractivity contribution in [2.24, 2.45) is 0 Å². The molecule has 0 radical (unpaired) electrons. The summed E-state index contributed by atoms with van der Waals surface area (Å²) in [4.78, 5) is 0. The normalized spacial score (nSPS) is 30.4. The number of hydrogen-bond donors (Lipinski definition) is 1. The van der Waals surface area contributed by atoms with Crippen molar-refractivity contribution in [1.82, 2.24) is 15.0 Å². The minimum atomic E-state index is -0.361. The monoisotopic (exact) mass is 169 g/mol. The molecule has 2 rings (SSSR count). The van der Waals surface area contributed by atoms with E-state index in [0.29, 0.717) is 19.6 Å². The summed E-state index contributed by atoms with van der Waals surface area (Å²) in [5.74, 6) is 0. The smallest absolute Gasteiger partial charge is 0.103 e. The zero-order chi connectivity index (χ0) is 8.39. The van der Waals surface area contributed by atoms with Gasteiger partial charge in [-0.25, -0.2) is 4.68 Å². The predicted octanol–water partition coefficient (Wildman–Crippen LogP) is -0.400. The molecule has 1 fully saturated rings. The standard InChI is InChI=1S/C7H11N3O2/c11-7-1-4-12-5-6(7)10-3-2-8-9-10/h2-3,6-7,11H,1,4-5H2. The molecule has 2 heterocycles. The molecule has 1 aliphatic heterocycles. The van der Waals surface area contributed by atoms with Gasteiger partial charge in [-0.2, -0.15) is 0 Å². The Kier molecular flexibility index (Phi) is 2.05. The lowest BCUT2D eigenvalue weighted by atomic mass is 10.1. The number of hydrogen-bond acceptors (Lipinski definition) is 4. The Morgan fingerprint density at radius 2 is 2.50 bits per heavy atom. The molecule has 0 spiro atoms. The van der Waals surface area contributed by atoms with Crippen LogP contribution in [0.15, 0.2) is 12.4 Å². The molecule has 1 aromatic heterocycles. The molecule has 5 nitrogen and oxygen atoms in total. The van der Waals surface area contributed by atoms with Gasteiger partial charge in [0.2, 0.25) is 0 Å². The molecule has 1 saturated heterocycles. The Labute approximate surface area is 70.0 Å². The molecule has 0 aromatic carbocycles. The quantitative estimate of drug-likeness (QED) is 0.621. The largest absolute Gasteiger partial charge is 0.391 e. The first-order chi connectivity index (χ1) is 5.88. The van der Waals surface area contributed by atoms with Crippen molar-refractivity contribution in [3.05, 3.63) is 12.4 Å². The summed E-state index contributed by atoms with van der Waals surface area (Å²) in [5.41, 5.74) is 0. The van der Waals surface area contributed by atoms with E-state index in [4.69, 9.17) is 4.74 Å². The number of aliphatic hydroxyl groups is 1. The van der Waals surface area contributed by atoms with Crippen LogP contribution in [0.5, 0.6) is 0 Å². The molecule has 2 unspecified atom stereocenters. The second-order valence-corrected chi connectivity index (χ2v) is 2.88. The van der Waals surface area contributed by atoms with Gasteiger partial charge in [0.15, 0.2) is 0 Å². The number of nitrogens with zero attached hydrogens (tertiary/aromatic N) is 3. The van der Waals surface area contributed by atoms with Gasteiger partial charge in [-0.05, 0) is 6.42 Å². The zero-order valence-corrected chi connectivity index (χ0v) is 6.63. The number of rotatable bonds is 1. The maximum absolute atomic E-state index is 9.57. The van der Waals surface area contributed by atoms with E-state index in [1.807, 2.05) is 0 Å². The second-order valence-electron chi connectivity index (χ2n) is 2.88. The average Bonchev–Trinajstić information content (AvgIpc) is 2.57. The topological polar surface area (TPSA) is 60.2 Å². The highest BCUT2D eigenvalue weighted by Gasteiger charge is 2.25. The second kappa shape index (κ2) is 3.20. The Morgan fingerprint density at radius 3 is 3.17 bits per heavy atom. The van der Waals surface area contributed by atoms with E-state index < -0.39 is 0 Å². The molecule has 1 aliphatic rings. The van der Waals surface area contributed by atoms with Gasteiger partial charge in [0.05, 0.1) is 18.9 Å². The highest BCUT2D eigenvalue weighted by atomic mass is 16.5. The Hall–Kier alpha value is -0.940. The highest BCUT2D eigenvalue weighted by Crippen LogP contribution is 2.18. The van der Waals surface area contributed by atoms with Crippen molar-refractivity contribution in [3.8, 4) is 0 Å². The molecule has 0 aliphatic carbocycles. The summed E-state index contributed by atoms with van der Waals surface area (Å²) in [6.07, 6.45) is 3.65. The average molecular weight is 169 g/mol. The predicted molar refractivity (Wildman–Crippen MR) is 40.5 cm³/mol. The maximum Gasteiger partial charge on any atom is 0.103 e. The first kappa shape index (κ1) is 7.70. The van der Waals surface area contributed by atoms with Crippen molar-refractivity contribution in [2.75, 3.05) is 13.2 Å². The van der Waals surface area contributed by atoms with E-state index in [-0.39, 0.29) is 12.1 Å². The molecule has 5 heteroatoms. The van der Waals surface area contributed by atoms with E-state index in [9.17, 15) is 5.11 Å². The van der Waals surface area contributed by atoms with E-state index >= 15 is 0 Å². The van der Waals surface area contributed by atoms with E-state index in [1.165, 1.54) is 0 Å². The summed E-state index contributed by atoms with van der Waals surface area (Å²) in [6, 6.07) is -0.0683. The molecule has 0 saturated carbocycles. The molecule has 0 amide bonds. The van der Waals surface area contributed by atoms with E-state index in [1.54, 1.807) is 17.1 Å². The minimum Gasteiger partial charge on any atom is -0.391 e. The molecule has 2 atom stereocenters. The maximum atomic E-state index is 9.57. The minimum absolute atomic E-state index is 0.0683. The summed E-state index contributed by atoms with van der Waals surface area (Å²) in [5, 5.41) is 17.1. The number of aliphatic hydroxyl groups excluding tert-OH is 1. The van der Waals surface area contributed by atoms with Gasteiger partial charge < -0.3 is 9.84 Å². The van der Waals surface area contributed by atoms with Crippen molar-refractivity contribution in [1.29, 1.82) is 0 Å². The van der Waals surface area contributed by atoms with Gasteiger partial charge >= 0.3 is 0 Å². The summed E-state index contributed by atoms with van der Waals surface area (Å²) >= 11 is 0. The lowest BCUT2D eigenvalue weighted by Crippen LogP contribution is -2.34. The van der Waals surface area contributed by atoms with Crippen LogP contribution in [0.2, 0.25) is 0 Å². The summed E-state index contributed by atoms with van der Waals surface area (Å²) < 4.78 is 6.87. The van der Waals surface area contributed by atoms with Gasteiger partial charge in [0.1, 0.15) is 6.04 Å². The first-order valence-electron chi connectivity index (χ1n) is 3.99. The lowest BCUT2D eigenvalue weighted by molar-refractivity contribution is -0.0335. The van der Waals surface area contributed by atoms with Crippen LogP contribution >= 0.6 is 0 Å². The number of aromatic nitrogens is 3. The van der Waals surface area contributed by atoms with Crippen molar-refractivity contribution >= 4 is 0 Å². The van der Waals surface area contributed by atoms with Gasteiger partial charge in [-0.1, -0.05) is 5.21 Å². The van der Waals surface area contributed by atoms with Crippen molar-refractivity contribution < 1.29 is 9.84 Å². The Bertz CT molecular complexity index is 237. The fraction of sp³-hybridized carbons (Fsp3) is 0.714. The third-order valence-electron chi connectivity index (χ3n) is 2.07. The molecule has 1 aromatic rings. The van der Waals surface area contributed by atoms with Crippen LogP contribution in [0, 0.1) is 0 Å². The summed E-state index contributed by atoms with van der Waals surface area (Å²) in [6.45, 7) is 1.15. The van der Waals surface area contributed by atoms with Crippen LogP contribution in [-0.4, -0.2) is 39.4 Å². The molecule has 12 heavy (non-hydrogen) atoms. The van der Waals surface area contributed by atoms with Crippen molar-refractivity contribution in [3.63, 3.8) is 0 Å². The third-order valence-corrected chi connectivity index (χ3v) is 2.07. The zero-order valence-electron chi connectivity index (χ0n) is 6.63. The van der Waals surface area contributed by atoms with Crippen LogP contribution in [0.1, 0.15) is 12.5 Å². The van der Waals surface area contributed by atoms with Crippen LogP contribution in [-0.2, 0) is 4.74 Å². The molecule has 0 bridgehead atoms. The van der Waals surface area contributed by atoms with Gasteiger partial charge in [-0.15, -0.1) is 5.10 Å². The van der Waals surface area contributed by atoms with Crippen molar-refractivity contribution in [2.45, 2.75) is 18.6 Å².